The van der Waals surface area contributed by atoms with Crippen LogP contribution in [-0.2, 0) is 33.8 Å². The minimum atomic E-state index is -0.966. The Morgan fingerprint density at radius 2 is 1.21 bits per heavy atom. The third-order valence-electron chi connectivity index (χ3n) is 5.11. The molecule has 0 saturated carbocycles. The van der Waals surface area contributed by atoms with Gasteiger partial charge in [-0.25, -0.2) is 9.59 Å². The zero-order valence-corrected chi connectivity index (χ0v) is 18.8. The van der Waals surface area contributed by atoms with E-state index in [9.17, 15) is 14.7 Å². The van der Waals surface area contributed by atoms with Gasteiger partial charge in [0.2, 0.25) is 0 Å². The summed E-state index contributed by atoms with van der Waals surface area (Å²) in [6.45, 7) is 0.172. The van der Waals surface area contributed by atoms with Crippen molar-refractivity contribution in [2.45, 2.75) is 38.2 Å². The molecule has 0 heterocycles. The Hall–Kier alpha value is -3.84. The molecule has 0 saturated heterocycles. The summed E-state index contributed by atoms with van der Waals surface area (Å²) in [4.78, 5) is 24.2. The van der Waals surface area contributed by atoms with Crippen LogP contribution in [0.3, 0.4) is 0 Å². The van der Waals surface area contributed by atoms with E-state index in [4.69, 9.17) is 14.2 Å². The van der Waals surface area contributed by atoms with Gasteiger partial charge in [-0.05, 0) is 23.1 Å². The van der Waals surface area contributed by atoms with Crippen LogP contribution >= 0.6 is 0 Å². The van der Waals surface area contributed by atoms with Crippen LogP contribution in [0.2, 0.25) is 0 Å². The molecule has 0 radical (unpaired) electrons. The molecule has 0 spiro atoms. The second-order valence-electron chi connectivity index (χ2n) is 7.73. The largest absolute Gasteiger partial charge is 0.508 e. The highest BCUT2D eigenvalue weighted by molar-refractivity contribution is 5.67. The first-order valence-corrected chi connectivity index (χ1v) is 11.1. The molecule has 0 aliphatic heterocycles. The fourth-order valence-corrected chi connectivity index (χ4v) is 3.29. The molecular weight excluding hydrogens is 434 g/mol. The van der Waals surface area contributed by atoms with Crippen molar-refractivity contribution in [3.05, 3.63) is 108 Å². The van der Waals surface area contributed by atoms with Crippen LogP contribution in [0.4, 0.5) is 9.59 Å². The molecule has 0 aromatic heterocycles. The van der Waals surface area contributed by atoms with Gasteiger partial charge in [-0.3, -0.25) is 0 Å². The molecule has 178 valence electrons. The number of carbonyl (C=O) groups is 2. The standard InChI is InChI=1S/C27H29NO6/c29-25(16-17-32-27(31)34-20-23-14-8-3-9-15-23)24(18-21-10-4-1-5-11-21)28-26(30)33-19-22-12-6-2-7-13-22/h1-15,24-25,29H,16-20H2,(H,28,30). The van der Waals surface area contributed by atoms with Gasteiger partial charge in [-0.2, -0.15) is 0 Å². The van der Waals surface area contributed by atoms with Gasteiger partial charge in [-0.15, -0.1) is 0 Å². The second kappa shape index (κ2) is 13.6. The van der Waals surface area contributed by atoms with Gasteiger partial charge in [0.1, 0.15) is 13.2 Å². The molecule has 3 rings (SSSR count). The molecule has 7 nitrogen and oxygen atoms in total. The molecule has 0 bridgehead atoms. The first kappa shape index (κ1) is 24.8. The second-order valence-corrected chi connectivity index (χ2v) is 7.73. The van der Waals surface area contributed by atoms with E-state index in [0.717, 1.165) is 16.7 Å². The van der Waals surface area contributed by atoms with Crippen molar-refractivity contribution >= 4 is 12.2 Å². The molecule has 34 heavy (non-hydrogen) atoms. The van der Waals surface area contributed by atoms with Crippen molar-refractivity contribution in [3.63, 3.8) is 0 Å². The SMILES string of the molecule is O=C(NC(Cc1ccccc1)C(O)CCOC(=O)OCc1ccccc1)OCc1ccccc1. The average Bonchev–Trinajstić information content (AvgIpc) is 2.87. The molecule has 1 amide bonds. The number of carbonyl (C=O) groups excluding carboxylic acids is 2. The fourth-order valence-electron chi connectivity index (χ4n) is 3.29. The van der Waals surface area contributed by atoms with Crippen LogP contribution in [-0.4, -0.2) is 36.1 Å². The smallest absolute Gasteiger partial charge is 0.445 e. The van der Waals surface area contributed by atoms with Gasteiger partial charge in [0.25, 0.3) is 0 Å². The molecule has 0 aliphatic carbocycles. The number of nitrogens with one attached hydrogen (secondary N) is 1. The number of hydrogen-bond donors (Lipinski definition) is 2. The lowest BCUT2D eigenvalue weighted by Crippen LogP contribution is -2.45. The Bertz CT molecular complexity index is 997. The zero-order chi connectivity index (χ0) is 24.0. The Kier molecular flexibility index (Phi) is 9.95. The maximum Gasteiger partial charge on any atom is 0.508 e. The summed E-state index contributed by atoms with van der Waals surface area (Å²) in [5.41, 5.74) is 2.65. The highest BCUT2D eigenvalue weighted by Crippen LogP contribution is 2.11. The summed E-state index contributed by atoms with van der Waals surface area (Å²) in [5, 5.41) is 13.5. The van der Waals surface area contributed by atoms with Gasteiger partial charge >= 0.3 is 12.2 Å². The molecule has 2 unspecified atom stereocenters. The van der Waals surface area contributed by atoms with Gasteiger partial charge in [0.05, 0.1) is 18.8 Å². The Morgan fingerprint density at radius 3 is 1.76 bits per heavy atom. The van der Waals surface area contributed by atoms with E-state index < -0.39 is 24.4 Å². The lowest BCUT2D eigenvalue weighted by molar-refractivity contribution is 0.0318. The van der Waals surface area contributed by atoms with E-state index in [1.807, 2.05) is 91.0 Å². The third kappa shape index (κ3) is 8.96. The summed E-state index contributed by atoms with van der Waals surface area (Å²) in [7, 11) is 0. The summed E-state index contributed by atoms with van der Waals surface area (Å²) in [6.07, 6.45) is -1.90. The monoisotopic (exact) mass is 463 g/mol. The van der Waals surface area contributed by atoms with E-state index >= 15 is 0 Å². The number of rotatable bonds is 11. The summed E-state index contributed by atoms with van der Waals surface area (Å²) in [6, 6.07) is 27.5. The molecule has 2 atom stereocenters. The first-order chi connectivity index (χ1) is 16.6. The van der Waals surface area contributed by atoms with Crippen LogP contribution in [0.25, 0.3) is 0 Å². The van der Waals surface area contributed by atoms with Crippen molar-refractivity contribution in [2.75, 3.05) is 6.61 Å². The van der Waals surface area contributed by atoms with Crippen LogP contribution in [0.15, 0.2) is 91.0 Å². The zero-order valence-electron chi connectivity index (χ0n) is 18.8. The number of hydrogen-bond acceptors (Lipinski definition) is 6. The Morgan fingerprint density at radius 1 is 0.706 bits per heavy atom. The predicted octanol–water partition coefficient (Wildman–Crippen LogP) is 4.63. The highest BCUT2D eigenvalue weighted by Gasteiger charge is 2.23. The average molecular weight is 464 g/mol. The number of aliphatic hydroxyl groups is 1. The van der Waals surface area contributed by atoms with Gasteiger partial charge in [0.15, 0.2) is 0 Å². The lowest BCUT2D eigenvalue weighted by atomic mass is 9.99. The van der Waals surface area contributed by atoms with Crippen molar-refractivity contribution in [1.82, 2.24) is 5.32 Å². The van der Waals surface area contributed by atoms with E-state index in [1.165, 1.54) is 0 Å². The number of ether oxygens (including phenoxy) is 3. The summed E-state index contributed by atoms with van der Waals surface area (Å²) < 4.78 is 15.4. The summed E-state index contributed by atoms with van der Waals surface area (Å²) >= 11 is 0. The third-order valence-corrected chi connectivity index (χ3v) is 5.11. The van der Waals surface area contributed by atoms with Crippen molar-refractivity contribution in [1.29, 1.82) is 0 Å². The van der Waals surface area contributed by atoms with E-state index in [2.05, 4.69) is 5.32 Å². The molecule has 3 aromatic carbocycles. The van der Waals surface area contributed by atoms with Crippen molar-refractivity contribution in [3.8, 4) is 0 Å². The number of alkyl carbamates (subject to hydrolysis) is 1. The van der Waals surface area contributed by atoms with Gasteiger partial charge < -0.3 is 24.6 Å². The minimum absolute atomic E-state index is 0.0547. The number of benzene rings is 3. The van der Waals surface area contributed by atoms with Crippen molar-refractivity contribution in [2.24, 2.45) is 0 Å². The predicted molar refractivity (Wildman–Crippen MR) is 127 cm³/mol. The van der Waals surface area contributed by atoms with Crippen LogP contribution in [0, 0.1) is 0 Å². The van der Waals surface area contributed by atoms with E-state index in [0.29, 0.717) is 6.42 Å². The lowest BCUT2D eigenvalue weighted by Gasteiger charge is -2.24. The summed E-state index contributed by atoms with van der Waals surface area (Å²) in [5.74, 6) is 0. The minimum Gasteiger partial charge on any atom is -0.445 e. The molecule has 3 aromatic rings. The van der Waals surface area contributed by atoms with Gasteiger partial charge in [-0.1, -0.05) is 91.0 Å². The van der Waals surface area contributed by atoms with E-state index in [1.54, 1.807) is 0 Å². The molecule has 0 fully saturated rings. The Labute approximate surface area is 199 Å². The van der Waals surface area contributed by atoms with Gasteiger partial charge in [0, 0.05) is 6.42 Å². The number of aliphatic hydroxyl groups excluding tert-OH is 1. The first-order valence-electron chi connectivity index (χ1n) is 11.1. The molecule has 0 aliphatic rings. The normalized spacial score (nSPS) is 12.3. The molecular formula is C27H29NO6. The van der Waals surface area contributed by atoms with Crippen LogP contribution in [0.1, 0.15) is 23.1 Å². The maximum atomic E-state index is 12.4. The number of amides is 1. The van der Waals surface area contributed by atoms with Crippen LogP contribution in [0.5, 0.6) is 0 Å². The van der Waals surface area contributed by atoms with Crippen molar-refractivity contribution < 1.29 is 28.9 Å². The van der Waals surface area contributed by atoms with Crippen LogP contribution < -0.4 is 5.32 Å². The quantitative estimate of drug-likeness (QED) is 0.403. The van der Waals surface area contributed by atoms with E-state index in [-0.39, 0.29) is 26.2 Å². The maximum absolute atomic E-state index is 12.4. The fraction of sp³-hybridized carbons (Fsp3) is 0.259. The molecule has 2 N–H and O–H groups in total. The highest BCUT2D eigenvalue weighted by atomic mass is 16.7. The molecule has 7 heteroatoms. The Balaban J connectivity index is 1.47. The topological polar surface area (TPSA) is 94.1 Å².